The Balaban J connectivity index is 2.17. The van der Waals surface area contributed by atoms with Gasteiger partial charge in [0.25, 0.3) is 5.91 Å². The molecule has 0 fully saturated rings. The number of hydrogen-bond donors (Lipinski definition) is 2. The van der Waals surface area contributed by atoms with Gasteiger partial charge in [0.1, 0.15) is 11.5 Å². The van der Waals surface area contributed by atoms with Gasteiger partial charge in [0.15, 0.2) is 0 Å². The van der Waals surface area contributed by atoms with Crippen molar-refractivity contribution in [2.75, 3.05) is 5.32 Å². The Morgan fingerprint density at radius 3 is 2.46 bits per heavy atom. The van der Waals surface area contributed by atoms with E-state index in [1.54, 1.807) is 30.3 Å². The van der Waals surface area contributed by atoms with Crippen LogP contribution in [0.4, 0.5) is 28.9 Å². The summed E-state index contributed by atoms with van der Waals surface area (Å²) in [5, 5.41) is 12.3. The standard InChI is InChI=1S/C19H16F4N2O3/c1-12(26)16(17(27)25-13-6-3-2-4-7-13)11-24-14-8-5-9-15(10-14)28-19(22,23)18(20)21/h2-11,18,26H,1H3,(H,25,27)/b16-12-,24-11?. The minimum Gasteiger partial charge on any atom is -0.512 e. The van der Waals surface area contributed by atoms with Crippen molar-refractivity contribution in [1.82, 2.24) is 0 Å². The molecule has 28 heavy (non-hydrogen) atoms. The number of amides is 1. The summed E-state index contributed by atoms with van der Waals surface area (Å²) in [6.07, 6.45) is -7.62. The molecule has 2 aromatic rings. The zero-order valence-electron chi connectivity index (χ0n) is 14.6. The molecule has 1 amide bonds. The van der Waals surface area contributed by atoms with Crippen LogP contribution in [0.15, 0.2) is 70.9 Å². The zero-order valence-corrected chi connectivity index (χ0v) is 14.6. The first-order chi connectivity index (χ1) is 13.2. The van der Waals surface area contributed by atoms with Crippen LogP contribution in [0.1, 0.15) is 6.92 Å². The number of benzene rings is 2. The molecule has 0 unspecified atom stereocenters. The third kappa shape index (κ3) is 5.83. The van der Waals surface area contributed by atoms with Gasteiger partial charge in [0.05, 0.1) is 11.3 Å². The predicted octanol–water partition coefficient (Wildman–Crippen LogP) is 5.10. The lowest BCUT2D eigenvalue weighted by Gasteiger charge is -2.16. The van der Waals surface area contributed by atoms with E-state index in [-0.39, 0.29) is 17.0 Å². The number of anilines is 1. The quantitative estimate of drug-likeness (QED) is 0.296. The van der Waals surface area contributed by atoms with E-state index in [4.69, 9.17) is 0 Å². The lowest BCUT2D eigenvalue weighted by atomic mass is 10.2. The highest BCUT2D eigenvalue weighted by atomic mass is 19.3. The molecule has 0 saturated carbocycles. The third-order valence-electron chi connectivity index (χ3n) is 3.33. The van der Waals surface area contributed by atoms with E-state index in [9.17, 15) is 27.5 Å². The number of ether oxygens (including phenoxy) is 1. The van der Waals surface area contributed by atoms with Crippen LogP contribution in [0.2, 0.25) is 0 Å². The minimum atomic E-state index is -4.65. The van der Waals surface area contributed by atoms with Crippen molar-refractivity contribution in [3.05, 3.63) is 65.9 Å². The van der Waals surface area contributed by atoms with E-state index < -0.39 is 24.2 Å². The molecule has 0 aromatic heterocycles. The molecular weight excluding hydrogens is 380 g/mol. The van der Waals surface area contributed by atoms with Gasteiger partial charge in [0.2, 0.25) is 0 Å². The molecule has 9 heteroatoms. The van der Waals surface area contributed by atoms with Crippen molar-refractivity contribution in [3.8, 4) is 5.75 Å². The lowest BCUT2D eigenvalue weighted by Crippen LogP contribution is -2.33. The van der Waals surface area contributed by atoms with Crippen LogP contribution in [-0.2, 0) is 4.79 Å². The number of nitrogens with zero attached hydrogens (tertiary/aromatic N) is 1. The molecule has 0 aliphatic heterocycles. The van der Waals surface area contributed by atoms with Gasteiger partial charge in [-0.25, -0.2) is 0 Å². The fraction of sp³-hybridized carbons (Fsp3) is 0.158. The first kappa shape index (κ1) is 20.9. The number of rotatable bonds is 7. The number of halogens is 4. The summed E-state index contributed by atoms with van der Waals surface area (Å²) in [5.41, 5.74) is 0.367. The van der Waals surface area contributed by atoms with Gasteiger partial charge in [-0.2, -0.15) is 17.6 Å². The highest BCUT2D eigenvalue weighted by Gasteiger charge is 2.43. The second-order valence-corrected chi connectivity index (χ2v) is 5.54. The summed E-state index contributed by atoms with van der Waals surface area (Å²) >= 11 is 0. The third-order valence-corrected chi connectivity index (χ3v) is 3.33. The fourth-order valence-electron chi connectivity index (χ4n) is 2.00. The van der Waals surface area contributed by atoms with Gasteiger partial charge in [-0.1, -0.05) is 24.3 Å². The number of nitrogens with one attached hydrogen (secondary N) is 1. The van der Waals surface area contributed by atoms with Crippen LogP contribution in [0.3, 0.4) is 0 Å². The lowest BCUT2D eigenvalue weighted by molar-refractivity contribution is -0.253. The molecule has 0 heterocycles. The molecule has 5 nitrogen and oxygen atoms in total. The maximum atomic E-state index is 13.0. The Labute approximate surface area is 158 Å². The van der Waals surface area contributed by atoms with Gasteiger partial charge < -0.3 is 15.2 Å². The summed E-state index contributed by atoms with van der Waals surface area (Å²) in [7, 11) is 0. The molecule has 2 N–H and O–H groups in total. The van der Waals surface area contributed by atoms with Crippen LogP contribution in [0.25, 0.3) is 0 Å². The topological polar surface area (TPSA) is 70.9 Å². The maximum Gasteiger partial charge on any atom is 0.461 e. The molecule has 0 saturated heterocycles. The van der Waals surface area contributed by atoms with E-state index in [1.165, 1.54) is 19.1 Å². The van der Waals surface area contributed by atoms with E-state index in [2.05, 4.69) is 15.0 Å². The van der Waals surface area contributed by atoms with E-state index in [1.807, 2.05) is 0 Å². The molecule has 0 radical (unpaired) electrons. The van der Waals surface area contributed by atoms with Gasteiger partial charge in [-0.15, -0.1) is 0 Å². The van der Waals surface area contributed by atoms with Crippen molar-refractivity contribution in [3.63, 3.8) is 0 Å². The van der Waals surface area contributed by atoms with Crippen molar-refractivity contribution in [2.45, 2.75) is 19.5 Å². The summed E-state index contributed by atoms with van der Waals surface area (Å²) in [6.45, 7) is 1.27. The highest BCUT2D eigenvalue weighted by Crippen LogP contribution is 2.29. The summed E-state index contributed by atoms with van der Waals surface area (Å²) in [6, 6.07) is 13.2. The number of hydrogen-bond acceptors (Lipinski definition) is 4. The summed E-state index contributed by atoms with van der Waals surface area (Å²) in [4.78, 5) is 16.2. The highest BCUT2D eigenvalue weighted by molar-refractivity contribution is 6.18. The van der Waals surface area contributed by atoms with Gasteiger partial charge in [0, 0.05) is 18.0 Å². The fourth-order valence-corrected chi connectivity index (χ4v) is 2.00. The van der Waals surface area contributed by atoms with Crippen LogP contribution in [0, 0.1) is 0 Å². The van der Waals surface area contributed by atoms with Crippen LogP contribution < -0.4 is 10.1 Å². The van der Waals surface area contributed by atoms with Crippen LogP contribution in [0.5, 0.6) is 5.75 Å². The van der Waals surface area contributed by atoms with Gasteiger partial charge in [-0.3, -0.25) is 9.79 Å². The first-order valence-corrected chi connectivity index (χ1v) is 7.94. The number of aliphatic hydroxyl groups excluding tert-OH is 1. The molecular formula is C19H16F4N2O3. The van der Waals surface area contributed by atoms with Crippen LogP contribution >= 0.6 is 0 Å². The second kappa shape index (κ2) is 9.03. The average molecular weight is 396 g/mol. The normalized spacial score (nSPS) is 12.8. The SMILES string of the molecule is C/C(O)=C(\C=Nc1cccc(OC(F)(F)C(F)F)c1)C(=O)Nc1ccccc1. The Morgan fingerprint density at radius 2 is 1.86 bits per heavy atom. The monoisotopic (exact) mass is 396 g/mol. The Hall–Kier alpha value is -3.36. The molecule has 0 atom stereocenters. The van der Waals surface area contributed by atoms with E-state index in [0.717, 1.165) is 18.3 Å². The zero-order chi connectivity index (χ0) is 20.7. The Morgan fingerprint density at radius 1 is 1.18 bits per heavy atom. The number of alkyl halides is 4. The van der Waals surface area contributed by atoms with Crippen molar-refractivity contribution in [2.24, 2.45) is 4.99 Å². The number of carbonyl (C=O) groups excluding carboxylic acids is 1. The predicted molar refractivity (Wildman–Crippen MR) is 96.6 cm³/mol. The second-order valence-electron chi connectivity index (χ2n) is 5.54. The number of carbonyl (C=O) groups is 1. The van der Waals surface area contributed by atoms with Gasteiger partial charge in [-0.05, 0) is 31.2 Å². The molecule has 0 bridgehead atoms. The van der Waals surface area contributed by atoms with E-state index >= 15 is 0 Å². The molecule has 0 spiro atoms. The van der Waals surface area contributed by atoms with Crippen molar-refractivity contribution < 1.29 is 32.2 Å². The Kier molecular flexibility index (Phi) is 6.75. The Bertz CT molecular complexity index is 880. The molecule has 0 aliphatic rings. The van der Waals surface area contributed by atoms with Gasteiger partial charge >= 0.3 is 12.5 Å². The number of aliphatic hydroxyl groups is 1. The first-order valence-electron chi connectivity index (χ1n) is 7.94. The average Bonchev–Trinajstić information content (AvgIpc) is 2.62. The largest absolute Gasteiger partial charge is 0.512 e. The van der Waals surface area contributed by atoms with Crippen molar-refractivity contribution in [1.29, 1.82) is 0 Å². The minimum absolute atomic E-state index is 0.0498. The molecule has 148 valence electrons. The van der Waals surface area contributed by atoms with E-state index in [0.29, 0.717) is 5.69 Å². The van der Waals surface area contributed by atoms with Crippen LogP contribution in [-0.4, -0.2) is 29.8 Å². The number of allylic oxidation sites excluding steroid dienone is 1. The summed E-state index contributed by atoms with van der Waals surface area (Å²) in [5.74, 6) is -1.50. The number of para-hydroxylation sites is 1. The summed E-state index contributed by atoms with van der Waals surface area (Å²) < 4.78 is 54.4. The molecule has 2 rings (SSSR count). The number of aliphatic imine (C=N–C) groups is 1. The molecule has 2 aromatic carbocycles. The smallest absolute Gasteiger partial charge is 0.461 e. The molecule has 0 aliphatic carbocycles. The maximum absolute atomic E-state index is 13.0. The van der Waals surface area contributed by atoms with Crippen molar-refractivity contribution >= 4 is 23.5 Å².